The minimum Gasteiger partial charge on any atom is -0.382 e. The summed E-state index contributed by atoms with van der Waals surface area (Å²) in [5.74, 6) is -0.394. The third-order valence-corrected chi connectivity index (χ3v) is 6.48. The van der Waals surface area contributed by atoms with Gasteiger partial charge < -0.3 is 26.2 Å². The lowest BCUT2D eigenvalue weighted by molar-refractivity contribution is -0.138. The Bertz CT molecular complexity index is 1410. The summed E-state index contributed by atoms with van der Waals surface area (Å²) in [5.41, 5.74) is 7.04. The van der Waals surface area contributed by atoms with Gasteiger partial charge in [0.05, 0.1) is 17.5 Å². The van der Waals surface area contributed by atoms with Crippen molar-refractivity contribution in [2.75, 3.05) is 37.2 Å². The summed E-state index contributed by atoms with van der Waals surface area (Å²) in [6, 6.07) is 10.0. The molecular formula is C27H28F3N7O3. The minimum absolute atomic E-state index is 0.00674. The fourth-order valence-corrected chi connectivity index (χ4v) is 4.30. The van der Waals surface area contributed by atoms with Gasteiger partial charge in [0.1, 0.15) is 0 Å². The number of nitrogens with zero attached hydrogens (tertiary/aromatic N) is 4. The topological polar surface area (TPSA) is 134 Å². The number of carbonyl (C=O) groups excluding carboxylic acids is 3. The van der Waals surface area contributed by atoms with Crippen molar-refractivity contribution in [3.63, 3.8) is 0 Å². The fourth-order valence-electron chi connectivity index (χ4n) is 4.30. The molecule has 3 aromatic rings. The molecule has 0 unspecified atom stereocenters. The van der Waals surface area contributed by atoms with Crippen LogP contribution in [0.5, 0.6) is 0 Å². The highest BCUT2D eigenvalue weighted by Crippen LogP contribution is 2.34. The Labute approximate surface area is 228 Å². The third-order valence-electron chi connectivity index (χ3n) is 6.48. The third kappa shape index (κ3) is 6.65. The summed E-state index contributed by atoms with van der Waals surface area (Å²) in [6.07, 6.45) is -2.13. The first kappa shape index (κ1) is 28.3. The maximum atomic E-state index is 13.3. The SMILES string of the molecule is CCc1ccc(NC(=O)NCc2cccc(-c3cnc(N)c(C(=O)N4CCN(C=O)CC4)n3)c2)cc1C(F)(F)F. The summed E-state index contributed by atoms with van der Waals surface area (Å²) >= 11 is 0. The highest BCUT2D eigenvalue weighted by Gasteiger charge is 2.33. The highest BCUT2D eigenvalue weighted by atomic mass is 19.4. The first-order chi connectivity index (χ1) is 19.1. The summed E-state index contributed by atoms with van der Waals surface area (Å²) in [6.45, 7) is 3.24. The molecule has 0 radical (unpaired) electrons. The van der Waals surface area contributed by atoms with E-state index in [1.807, 2.05) is 0 Å². The fraction of sp³-hybridized carbons (Fsp3) is 0.296. The quantitative estimate of drug-likeness (QED) is 0.382. The van der Waals surface area contributed by atoms with Gasteiger partial charge in [0.15, 0.2) is 11.5 Å². The Hall–Kier alpha value is -4.68. The average Bonchev–Trinajstić information content (AvgIpc) is 2.95. The zero-order valence-corrected chi connectivity index (χ0v) is 21.7. The van der Waals surface area contributed by atoms with E-state index < -0.39 is 17.8 Å². The molecule has 10 nitrogen and oxygen atoms in total. The van der Waals surface area contributed by atoms with Gasteiger partial charge >= 0.3 is 12.2 Å². The molecule has 1 aromatic heterocycles. The normalized spacial score (nSPS) is 13.6. The smallest absolute Gasteiger partial charge is 0.382 e. The van der Waals surface area contributed by atoms with Gasteiger partial charge in [0.2, 0.25) is 6.41 Å². The van der Waals surface area contributed by atoms with Crippen molar-refractivity contribution in [3.8, 4) is 11.3 Å². The number of rotatable bonds is 7. The number of aryl methyl sites for hydroxylation is 1. The number of carbonyl (C=O) groups is 3. The van der Waals surface area contributed by atoms with E-state index >= 15 is 0 Å². The van der Waals surface area contributed by atoms with Gasteiger partial charge in [0.25, 0.3) is 5.91 Å². The van der Waals surface area contributed by atoms with E-state index in [1.54, 1.807) is 41.0 Å². The second-order valence-corrected chi connectivity index (χ2v) is 9.15. The largest absolute Gasteiger partial charge is 0.416 e. The molecule has 1 saturated heterocycles. The summed E-state index contributed by atoms with van der Waals surface area (Å²) in [7, 11) is 0. The van der Waals surface area contributed by atoms with Gasteiger partial charge in [-0.1, -0.05) is 31.2 Å². The first-order valence-electron chi connectivity index (χ1n) is 12.5. The van der Waals surface area contributed by atoms with Gasteiger partial charge in [-0.15, -0.1) is 0 Å². The van der Waals surface area contributed by atoms with E-state index in [9.17, 15) is 27.6 Å². The van der Waals surface area contributed by atoms with E-state index in [0.717, 1.165) is 12.5 Å². The second kappa shape index (κ2) is 12.0. The van der Waals surface area contributed by atoms with Crippen LogP contribution in [0.2, 0.25) is 0 Å². The number of alkyl halides is 3. The van der Waals surface area contributed by atoms with Crippen molar-refractivity contribution in [1.82, 2.24) is 25.1 Å². The maximum absolute atomic E-state index is 13.3. The van der Waals surface area contributed by atoms with Crippen molar-refractivity contribution in [2.45, 2.75) is 26.1 Å². The molecule has 13 heteroatoms. The molecule has 0 bridgehead atoms. The zero-order valence-electron chi connectivity index (χ0n) is 21.7. The molecule has 1 aliphatic heterocycles. The Kier molecular flexibility index (Phi) is 8.51. The number of hydrogen-bond acceptors (Lipinski definition) is 6. The van der Waals surface area contributed by atoms with Gasteiger partial charge in [-0.3, -0.25) is 9.59 Å². The molecule has 1 fully saturated rings. The van der Waals surface area contributed by atoms with Crippen LogP contribution in [0.25, 0.3) is 11.3 Å². The molecule has 4 rings (SSSR count). The molecule has 0 atom stereocenters. The Morgan fingerprint density at radius 3 is 2.52 bits per heavy atom. The standard InChI is InChI=1S/C27H28F3N7O3/c1-2-18-6-7-20(13-21(18)27(28,29)30)34-26(40)33-14-17-4-3-5-19(12-17)22-15-32-24(31)23(35-22)25(39)37-10-8-36(16-38)9-11-37/h3-7,12-13,15-16H,2,8-11,14H2,1H3,(H2,31,32)(H2,33,34,40). The van der Waals surface area contributed by atoms with E-state index in [1.165, 1.54) is 18.3 Å². The lowest BCUT2D eigenvalue weighted by Gasteiger charge is -2.32. The summed E-state index contributed by atoms with van der Waals surface area (Å²) in [4.78, 5) is 48.1. The van der Waals surface area contributed by atoms with Crippen LogP contribution >= 0.6 is 0 Å². The molecule has 40 heavy (non-hydrogen) atoms. The van der Waals surface area contributed by atoms with Crippen LogP contribution in [0.3, 0.4) is 0 Å². The Morgan fingerprint density at radius 2 is 1.85 bits per heavy atom. The number of piperazine rings is 1. The molecular weight excluding hydrogens is 527 g/mol. The van der Waals surface area contributed by atoms with E-state index in [2.05, 4.69) is 20.6 Å². The predicted octanol–water partition coefficient (Wildman–Crippen LogP) is 3.54. The maximum Gasteiger partial charge on any atom is 0.416 e. The molecule has 0 aliphatic carbocycles. The number of halogens is 3. The molecule has 0 spiro atoms. The van der Waals surface area contributed by atoms with Gasteiger partial charge in [-0.2, -0.15) is 13.2 Å². The highest BCUT2D eigenvalue weighted by molar-refractivity contribution is 5.97. The second-order valence-electron chi connectivity index (χ2n) is 9.15. The van der Waals surface area contributed by atoms with Crippen LogP contribution in [0.4, 0.5) is 29.5 Å². The number of benzene rings is 2. The van der Waals surface area contributed by atoms with Crippen LogP contribution in [0, 0.1) is 0 Å². The van der Waals surface area contributed by atoms with Gasteiger partial charge in [-0.25, -0.2) is 14.8 Å². The molecule has 2 aromatic carbocycles. The number of nitrogens with two attached hydrogens (primary N) is 1. The van der Waals surface area contributed by atoms with Crippen molar-refractivity contribution in [1.29, 1.82) is 0 Å². The first-order valence-corrected chi connectivity index (χ1v) is 12.5. The number of nitrogens with one attached hydrogen (secondary N) is 2. The number of amides is 4. The molecule has 210 valence electrons. The molecule has 0 saturated carbocycles. The number of urea groups is 1. The van der Waals surface area contributed by atoms with Crippen LogP contribution in [0.15, 0.2) is 48.7 Å². The predicted molar refractivity (Wildman–Crippen MR) is 142 cm³/mol. The molecule has 1 aliphatic rings. The van der Waals surface area contributed by atoms with Crippen LogP contribution in [-0.2, 0) is 23.9 Å². The molecule has 2 heterocycles. The zero-order chi connectivity index (χ0) is 28.9. The van der Waals surface area contributed by atoms with Crippen molar-refractivity contribution in [3.05, 3.63) is 71.0 Å². The number of nitrogen functional groups attached to an aromatic ring is 1. The van der Waals surface area contributed by atoms with Crippen molar-refractivity contribution >= 4 is 29.9 Å². The Balaban J connectivity index is 1.43. The number of anilines is 2. The van der Waals surface area contributed by atoms with Crippen molar-refractivity contribution in [2.24, 2.45) is 0 Å². The summed E-state index contributed by atoms with van der Waals surface area (Å²) < 4.78 is 40.0. The van der Waals surface area contributed by atoms with Crippen molar-refractivity contribution < 1.29 is 27.6 Å². The van der Waals surface area contributed by atoms with E-state index in [0.29, 0.717) is 43.0 Å². The van der Waals surface area contributed by atoms with Gasteiger partial charge in [-0.05, 0) is 35.7 Å². The monoisotopic (exact) mass is 555 g/mol. The number of aromatic nitrogens is 2. The van der Waals surface area contributed by atoms with Crippen LogP contribution in [-0.4, -0.2) is 64.3 Å². The molecule has 4 N–H and O–H groups in total. The minimum atomic E-state index is -4.53. The lowest BCUT2D eigenvalue weighted by atomic mass is 10.0. The Morgan fingerprint density at radius 1 is 1.10 bits per heavy atom. The number of hydrogen-bond donors (Lipinski definition) is 3. The lowest BCUT2D eigenvalue weighted by Crippen LogP contribution is -2.48. The molecule has 4 amide bonds. The summed E-state index contributed by atoms with van der Waals surface area (Å²) in [5, 5.41) is 5.06. The van der Waals surface area contributed by atoms with Gasteiger partial charge in [0, 0.05) is 44.0 Å². The van der Waals surface area contributed by atoms with E-state index in [4.69, 9.17) is 5.73 Å². The van der Waals surface area contributed by atoms with Crippen LogP contribution in [0.1, 0.15) is 34.1 Å². The average molecular weight is 556 g/mol. The van der Waals surface area contributed by atoms with Crippen LogP contribution < -0.4 is 16.4 Å². The van der Waals surface area contributed by atoms with E-state index in [-0.39, 0.29) is 41.6 Å².